The Kier molecular flexibility index (Phi) is 4.90. The van der Waals surface area contributed by atoms with Crippen molar-refractivity contribution in [1.82, 2.24) is 10.2 Å². The molecule has 2 unspecified atom stereocenters. The zero-order valence-corrected chi connectivity index (χ0v) is 12.2. The van der Waals surface area contributed by atoms with Gasteiger partial charge < -0.3 is 15.3 Å². The van der Waals surface area contributed by atoms with Crippen LogP contribution in [0, 0.1) is 5.92 Å². The van der Waals surface area contributed by atoms with Gasteiger partial charge in [-0.05, 0) is 32.4 Å². The third kappa shape index (κ3) is 3.54. The molecule has 1 aliphatic heterocycles. The number of likely N-dealkylation sites (tertiary alicyclic amines) is 1. The third-order valence-electron chi connectivity index (χ3n) is 3.43. The number of carbonyl (C=O) groups is 2. The van der Waals surface area contributed by atoms with E-state index in [4.69, 9.17) is 5.11 Å². The molecule has 6 heteroatoms. The van der Waals surface area contributed by atoms with Gasteiger partial charge in [0.15, 0.2) is 0 Å². The molecule has 0 spiro atoms. The first-order chi connectivity index (χ1) is 8.28. The molecule has 1 rings (SSSR count). The van der Waals surface area contributed by atoms with Crippen LogP contribution in [0.1, 0.15) is 27.2 Å². The molecule has 0 radical (unpaired) electrons. The molecule has 1 saturated heterocycles. The molecule has 5 nitrogen and oxygen atoms in total. The molecule has 1 aliphatic rings. The van der Waals surface area contributed by atoms with E-state index in [2.05, 4.69) is 5.32 Å². The lowest BCUT2D eigenvalue weighted by Gasteiger charge is -2.27. The Hall–Kier alpha value is -0.910. The molecule has 0 saturated carbocycles. The molecule has 0 bridgehead atoms. The molecule has 2 N–H and O–H groups in total. The summed E-state index contributed by atoms with van der Waals surface area (Å²) in [6, 6.07) is -0.962. The van der Waals surface area contributed by atoms with Crippen LogP contribution in [0.3, 0.4) is 0 Å². The van der Waals surface area contributed by atoms with Gasteiger partial charge in [-0.15, -0.1) is 0 Å². The van der Waals surface area contributed by atoms with Gasteiger partial charge in [0.25, 0.3) is 0 Å². The number of amides is 2. The maximum absolute atomic E-state index is 12.0. The molecule has 1 fully saturated rings. The number of carboxylic acid groups (broad SMARTS) is 1. The van der Waals surface area contributed by atoms with Crippen LogP contribution in [-0.2, 0) is 4.79 Å². The van der Waals surface area contributed by atoms with Crippen molar-refractivity contribution in [2.45, 2.75) is 38.0 Å². The van der Waals surface area contributed by atoms with E-state index < -0.39 is 12.0 Å². The van der Waals surface area contributed by atoms with E-state index in [0.717, 1.165) is 6.42 Å². The number of carbonyl (C=O) groups excluding carboxylic acids is 1. The van der Waals surface area contributed by atoms with Crippen LogP contribution in [0.2, 0.25) is 0 Å². The number of aliphatic carboxylic acids is 1. The predicted molar refractivity (Wildman–Crippen MR) is 72.9 cm³/mol. The summed E-state index contributed by atoms with van der Waals surface area (Å²) in [4.78, 5) is 24.6. The highest BCUT2D eigenvalue weighted by molar-refractivity contribution is 7.99. The second-order valence-corrected chi connectivity index (χ2v) is 6.88. The van der Waals surface area contributed by atoms with Gasteiger partial charge in [-0.3, -0.25) is 0 Å². The van der Waals surface area contributed by atoms with Crippen molar-refractivity contribution in [2.24, 2.45) is 5.92 Å². The molecule has 2 amide bonds. The van der Waals surface area contributed by atoms with Crippen molar-refractivity contribution in [2.75, 3.05) is 19.3 Å². The first-order valence-electron chi connectivity index (χ1n) is 6.11. The number of rotatable bonds is 4. The molecule has 0 aromatic heterocycles. The fourth-order valence-corrected chi connectivity index (χ4v) is 2.23. The number of carboxylic acids is 1. The number of hydrogen-bond donors (Lipinski definition) is 2. The summed E-state index contributed by atoms with van der Waals surface area (Å²) in [5.74, 6) is -0.902. The van der Waals surface area contributed by atoms with Gasteiger partial charge in [0.05, 0.1) is 0 Å². The van der Waals surface area contributed by atoms with Crippen LogP contribution in [0.25, 0.3) is 0 Å². The number of nitrogens with one attached hydrogen (secondary N) is 1. The van der Waals surface area contributed by atoms with Gasteiger partial charge in [0.1, 0.15) is 6.04 Å². The SMILES string of the molecule is CSC(C)(C)CNC(=O)N1CCC(C)C1C(=O)O. The van der Waals surface area contributed by atoms with Gasteiger partial charge in [-0.25, -0.2) is 9.59 Å². The monoisotopic (exact) mass is 274 g/mol. The fraction of sp³-hybridized carbons (Fsp3) is 0.833. The molecule has 104 valence electrons. The Labute approximate surface area is 112 Å². The van der Waals surface area contributed by atoms with E-state index in [1.54, 1.807) is 11.8 Å². The van der Waals surface area contributed by atoms with Crippen molar-refractivity contribution in [3.8, 4) is 0 Å². The minimum absolute atomic E-state index is 0.0156. The van der Waals surface area contributed by atoms with Crippen LogP contribution in [0.5, 0.6) is 0 Å². The largest absolute Gasteiger partial charge is 0.480 e. The van der Waals surface area contributed by atoms with Crippen LogP contribution < -0.4 is 5.32 Å². The average Bonchev–Trinajstić information content (AvgIpc) is 2.68. The number of urea groups is 1. The molecule has 0 aromatic carbocycles. The number of hydrogen-bond acceptors (Lipinski definition) is 3. The molecule has 1 heterocycles. The summed E-state index contributed by atoms with van der Waals surface area (Å²) >= 11 is 1.67. The summed E-state index contributed by atoms with van der Waals surface area (Å²) in [7, 11) is 0. The summed E-state index contributed by atoms with van der Waals surface area (Å²) < 4.78 is -0.0419. The van der Waals surface area contributed by atoms with Gasteiger partial charge >= 0.3 is 12.0 Å². The van der Waals surface area contributed by atoms with E-state index in [9.17, 15) is 9.59 Å². The normalized spacial score (nSPS) is 24.1. The number of thioether (sulfide) groups is 1. The van der Waals surface area contributed by atoms with Gasteiger partial charge in [-0.2, -0.15) is 11.8 Å². The Morgan fingerprint density at radius 1 is 1.50 bits per heavy atom. The van der Waals surface area contributed by atoms with Crippen molar-refractivity contribution >= 4 is 23.8 Å². The van der Waals surface area contributed by atoms with Crippen molar-refractivity contribution in [3.05, 3.63) is 0 Å². The molecular formula is C12H22N2O3S. The second kappa shape index (κ2) is 5.82. The summed E-state index contributed by atoms with van der Waals surface area (Å²) in [6.07, 6.45) is 2.74. The minimum atomic E-state index is -0.917. The Morgan fingerprint density at radius 2 is 2.11 bits per heavy atom. The first kappa shape index (κ1) is 15.1. The predicted octanol–water partition coefficient (Wildman–Crippen LogP) is 1.63. The van der Waals surface area contributed by atoms with Crippen molar-refractivity contribution in [1.29, 1.82) is 0 Å². The van der Waals surface area contributed by atoms with E-state index in [1.165, 1.54) is 4.90 Å². The molecule has 0 aliphatic carbocycles. The van der Waals surface area contributed by atoms with Crippen molar-refractivity contribution in [3.63, 3.8) is 0 Å². The molecule has 2 atom stereocenters. The highest BCUT2D eigenvalue weighted by Gasteiger charge is 2.39. The van der Waals surface area contributed by atoms with E-state index >= 15 is 0 Å². The topological polar surface area (TPSA) is 69.6 Å². The average molecular weight is 274 g/mol. The molecular weight excluding hydrogens is 252 g/mol. The minimum Gasteiger partial charge on any atom is -0.480 e. The molecule has 18 heavy (non-hydrogen) atoms. The quantitative estimate of drug-likeness (QED) is 0.817. The zero-order valence-electron chi connectivity index (χ0n) is 11.4. The maximum atomic E-state index is 12.0. The van der Waals surface area contributed by atoms with Gasteiger partial charge in [-0.1, -0.05) is 6.92 Å². The highest BCUT2D eigenvalue weighted by atomic mass is 32.2. The summed E-state index contributed by atoms with van der Waals surface area (Å²) in [6.45, 7) is 7.00. The lowest BCUT2D eigenvalue weighted by atomic mass is 10.0. The Morgan fingerprint density at radius 3 is 2.61 bits per heavy atom. The molecule has 0 aromatic rings. The van der Waals surface area contributed by atoms with Crippen LogP contribution in [0.15, 0.2) is 0 Å². The van der Waals surface area contributed by atoms with E-state index in [0.29, 0.717) is 13.1 Å². The summed E-state index contributed by atoms with van der Waals surface area (Å²) in [5, 5.41) is 12.0. The highest BCUT2D eigenvalue weighted by Crippen LogP contribution is 2.24. The van der Waals surface area contributed by atoms with Crippen molar-refractivity contribution < 1.29 is 14.7 Å². The summed E-state index contributed by atoms with van der Waals surface area (Å²) in [5.41, 5.74) is 0. The smallest absolute Gasteiger partial charge is 0.326 e. The van der Waals surface area contributed by atoms with Crippen LogP contribution in [0.4, 0.5) is 4.79 Å². The van der Waals surface area contributed by atoms with Crippen LogP contribution >= 0.6 is 11.8 Å². The van der Waals surface area contributed by atoms with Gasteiger partial charge in [0.2, 0.25) is 0 Å². The van der Waals surface area contributed by atoms with E-state index in [-0.39, 0.29) is 16.7 Å². The third-order valence-corrected chi connectivity index (χ3v) is 4.68. The first-order valence-corrected chi connectivity index (χ1v) is 7.33. The van der Waals surface area contributed by atoms with Crippen LogP contribution in [-0.4, -0.2) is 52.1 Å². The maximum Gasteiger partial charge on any atom is 0.326 e. The van der Waals surface area contributed by atoms with E-state index in [1.807, 2.05) is 27.0 Å². The standard InChI is InChI=1S/C12H22N2O3S/c1-8-5-6-14(9(8)10(15)16)11(17)13-7-12(2,3)18-4/h8-9H,5-7H2,1-4H3,(H,13,17)(H,15,16). The van der Waals surface area contributed by atoms with Gasteiger partial charge in [0, 0.05) is 17.8 Å². The number of nitrogens with zero attached hydrogens (tertiary/aromatic N) is 1. The zero-order chi connectivity index (χ0) is 13.9. The lowest BCUT2D eigenvalue weighted by Crippen LogP contribution is -2.49. The second-order valence-electron chi connectivity index (χ2n) is 5.36. The Bertz CT molecular complexity index is 333. The fourth-order valence-electron chi connectivity index (χ4n) is 2.01. The lowest BCUT2D eigenvalue weighted by molar-refractivity contribution is -0.142. The Balaban J connectivity index is 2.59.